The Labute approximate surface area is 230 Å². The molecule has 0 aliphatic heterocycles. The summed E-state index contributed by atoms with van der Waals surface area (Å²) in [6.45, 7) is 10.1. The maximum atomic E-state index is 13.1. The van der Waals surface area contributed by atoms with Gasteiger partial charge in [-0.15, -0.1) is 0 Å². The molecule has 0 bridgehead atoms. The average Bonchev–Trinajstić information content (AvgIpc) is 3.17. The lowest BCUT2D eigenvalue weighted by Gasteiger charge is -2.18. The molecule has 3 aromatic carbocycles. The van der Waals surface area contributed by atoms with Crippen LogP contribution in [-0.4, -0.2) is 25.1 Å². The first-order chi connectivity index (χ1) is 18.6. The van der Waals surface area contributed by atoms with Gasteiger partial charge in [0, 0.05) is 23.4 Å². The first kappa shape index (κ1) is 28.0. The molecule has 39 heavy (non-hydrogen) atoms. The van der Waals surface area contributed by atoms with Crippen molar-refractivity contribution in [2.24, 2.45) is 5.10 Å². The van der Waals surface area contributed by atoms with Crippen LogP contribution in [0, 0.1) is 34.6 Å². The van der Waals surface area contributed by atoms with E-state index in [1.54, 1.807) is 42.6 Å². The summed E-state index contributed by atoms with van der Waals surface area (Å²) < 4.78 is 31.0. The number of benzene rings is 3. The van der Waals surface area contributed by atoms with Crippen molar-refractivity contribution in [3.05, 3.63) is 118 Å². The molecule has 4 rings (SSSR count). The van der Waals surface area contributed by atoms with Crippen molar-refractivity contribution in [2.75, 3.05) is 0 Å². The predicted molar refractivity (Wildman–Crippen MR) is 156 cm³/mol. The summed E-state index contributed by atoms with van der Waals surface area (Å²) in [4.78, 5) is 13.0. The molecule has 202 valence electrons. The molecule has 0 saturated carbocycles. The Morgan fingerprint density at radius 2 is 1.54 bits per heavy atom. The lowest BCUT2D eigenvalue weighted by atomic mass is 10.0. The fraction of sp³-hybridized carbons (Fsp3) is 0.226. The van der Waals surface area contributed by atoms with Gasteiger partial charge in [0.2, 0.25) is 15.9 Å². The third-order valence-corrected chi connectivity index (χ3v) is 8.23. The SMILES string of the molecule is Cc1ccc(S(=O)(=O)N[C@H](CC(=O)N/N=C\c2cc(C)n(-c3c(C)cccc3C)c2C)c2ccccc2)cc1. The molecule has 0 aliphatic rings. The summed E-state index contributed by atoms with van der Waals surface area (Å²) in [5.74, 6) is -0.407. The van der Waals surface area contributed by atoms with Crippen LogP contribution < -0.4 is 10.1 Å². The van der Waals surface area contributed by atoms with E-state index in [-0.39, 0.29) is 11.3 Å². The summed E-state index contributed by atoms with van der Waals surface area (Å²) in [6.07, 6.45) is 1.51. The molecule has 7 nitrogen and oxygen atoms in total. The van der Waals surface area contributed by atoms with Crippen molar-refractivity contribution in [3.8, 4) is 5.69 Å². The second-order valence-corrected chi connectivity index (χ2v) is 11.5. The number of hydrogen-bond acceptors (Lipinski definition) is 4. The Bertz CT molecular complexity index is 1590. The van der Waals surface area contributed by atoms with Gasteiger partial charge in [0.05, 0.1) is 22.8 Å². The summed E-state index contributed by atoms with van der Waals surface area (Å²) in [7, 11) is -3.85. The van der Waals surface area contributed by atoms with E-state index in [0.717, 1.165) is 28.2 Å². The molecular weight excluding hydrogens is 508 g/mol. The number of aryl methyl sites for hydroxylation is 4. The van der Waals surface area contributed by atoms with Crippen molar-refractivity contribution in [1.29, 1.82) is 0 Å². The standard InChI is InChI=1S/C31H34N4O3S/c1-21-14-16-28(17-15-21)39(37,38)34-29(26-12-7-6-8-13-26)19-30(36)33-32-20-27-18-24(4)35(25(27)5)31-22(2)10-9-11-23(31)3/h6-18,20,29,34H,19H2,1-5H3,(H,33,36)/b32-20-/t29-/m1/s1. The largest absolute Gasteiger partial charge is 0.317 e. The number of hydrazone groups is 1. The van der Waals surface area contributed by atoms with Crippen LogP contribution in [0.2, 0.25) is 0 Å². The van der Waals surface area contributed by atoms with E-state index in [2.05, 4.69) is 45.8 Å². The Kier molecular flexibility index (Phi) is 8.47. The second kappa shape index (κ2) is 11.8. The number of nitrogens with zero attached hydrogens (tertiary/aromatic N) is 2. The molecule has 0 fully saturated rings. The van der Waals surface area contributed by atoms with Gasteiger partial charge in [0.1, 0.15) is 0 Å². The number of hydrogen-bond donors (Lipinski definition) is 2. The van der Waals surface area contributed by atoms with E-state index in [1.807, 2.05) is 51.1 Å². The van der Waals surface area contributed by atoms with Crippen molar-refractivity contribution in [2.45, 2.75) is 52.0 Å². The molecule has 8 heteroatoms. The van der Waals surface area contributed by atoms with Crippen LogP contribution in [0.4, 0.5) is 0 Å². The molecule has 0 aliphatic carbocycles. The number of amides is 1. The van der Waals surface area contributed by atoms with Gasteiger partial charge in [-0.2, -0.15) is 5.10 Å². The molecule has 0 saturated heterocycles. The van der Waals surface area contributed by atoms with Crippen LogP contribution in [0.5, 0.6) is 0 Å². The van der Waals surface area contributed by atoms with E-state index >= 15 is 0 Å². The molecule has 1 amide bonds. The maximum absolute atomic E-state index is 13.1. The third-order valence-electron chi connectivity index (χ3n) is 6.75. The lowest BCUT2D eigenvalue weighted by Crippen LogP contribution is -2.32. The molecule has 4 aromatic rings. The minimum Gasteiger partial charge on any atom is -0.317 e. The number of rotatable bonds is 9. The zero-order chi connectivity index (χ0) is 28.2. The van der Waals surface area contributed by atoms with Gasteiger partial charge in [0.25, 0.3) is 0 Å². The fourth-order valence-corrected chi connectivity index (χ4v) is 5.94. The topological polar surface area (TPSA) is 92.6 Å². The van der Waals surface area contributed by atoms with Gasteiger partial charge in [-0.05, 0) is 69.5 Å². The van der Waals surface area contributed by atoms with Gasteiger partial charge in [-0.1, -0.05) is 66.2 Å². The summed E-state index contributed by atoms with van der Waals surface area (Å²) in [6, 6.07) is 23.1. The third kappa shape index (κ3) is 6.53. The molecule has 0 spiro atoms. The molecule has 2 N–H and O–H groups in total. The summed E-state index contributed by atoms with van der Waals surface area (Å²) >= 11 is 0. The highest BCUT2D eigenvalue weighted by atomic mass is 32.2. The smallest absolute Gasteiger partial charge is 0.242 e. The van der Waals surface area contributed by atoms with Crippen LogP contribution in [-0.2, 0) is 14.8 Å². The molecule has 1 heterocycles. The van der Waals surface area contributed by atoms with Crippen LogP contribution in [0.15, 0.2) is 88.9 Å². The van der Waals surface area contributed by atoms with E-state index in [1.165, 1.54) is 11.1 Å². The van der Waals surface area contributed by atoms with Gasteiger partial charge < -0.3 is 4.57 Å². The van der Waals surface area contributed by atoms with Gasteiger partial charge >= 0.3 is 0 Å². The number of aromatic nitrogens is 1. The van der Waals surface area contributed by atoms with Crippen molar-refractivity contribution in [1.82, 2.24) is 14.7 Å². The highest BCUT2D eigenvalue weighted by Crippen LogP contribution is 2.25. The van der Waals surface area contributed by atoms with E-state index in [4.69, 9.17) is 0 Å². The quantitative estimate of drug-likeness (QED) is 0.214. The molecule has 1 atom stereocenters. The second-order valence-electron chi connectivity index (χ2n) is 9.80. The minimum atomic E-state index is -3.85. The Balaban J connectivity index is 1.50. The molecule has 0 radical (unpaired) electrons. The van der Waals surface area contributed by atoms with Crippen LogP contribution in [0.3, 0.4) is 0 Å². The summed E-state index contributed by atoms with van der Waals surface area (Å²) in [5.41, 5.74) is 10.7. The van der Waals surface area contributed by atoms with Crippen molar-refractivity contribution >= 4 is 22.1 Å². The van der Waals surface area contributed by atoms with Crippen molar-refractivity contribution in [3.63, 3.8) is 0 Å². The molecular formula is C31H34N4O3S. The highest BCUT2D eigenvalue weighted by molar-refractivity contribution is 7.89. The van der Waals surface area contributed by atoms with Gasteiger partial charge in [-0.25, -0.2) is 18.6 Å². The average molecular weight is 543 g/mol. The number of carbonyl (C=O) groups is 1. The zero-order valence-corrected chi connectivity index (χ0v) is 23.7. The number of carbonyl (C=O) groups excluding carboxylic acids is 1. The number of para-hydroxylation sites is 1. The Morgan fingerprint density at radius 3 is 2.18 bits per heavy atom. The number of nitrogens with one attached hydrogen (secondary N) is 2. The minimum absolute atomic E-state index is 0.117. The van der Waals surface area contributed by atoms with E-state index in [0.29, 0.717) is 5.56 Å². The number of sulfonamides is 1. The van der Waals surface area contributed by atoms with Gasteiger partial charge in [0.15, 0.2) is 0 Å². The normalized spacial score (nSPS) is 12.5. The molecule has 1 aromatic heterocycles. The van der Waals surface area contributed by atoms with Crippen LogP contribution in [0.1, 0.15) is 51.7 Å². The van der Waals surface area contributed by atoms with E-state index in [9.17, 15) is 13.2 Å². The van der Waals surface area contributed by atoms with Gasteiger partial charge in [-0.3, -0.25) is 4.79 Å². The highest BCUT2D eigenvalue weighted by Gasteiger charge is 2.24. The molecule has 0 unspecified atom stereocenters. The van der Waals surface area contributed by atoms with E-state index < -0.39 is 22.0 Å². The monoisotopic (exact) mass is 542 g/mol. The maximum Gasteiger partial charge on any atom is 0.242 e. The van der Waals surface area contributed by atoms with Crippen LogP contribution in [0.25, 0.3) is 5.69 Å². The Morgan fingerprint density at radius 1 is 0.897 bits per heavy atom. The summed E-state index contributed by atoms with van der Waals surface area (Å²) in [5, 5.41) is 4.19. The first-order valence-electron chi connectivity index (χ1n) is 12.8. The van der Waals surface area contributed by atoms with Crippen LogP contribution >= 0.6 is 0 Å². The van der Waals surface area contributed by atoms with Crippen molar-refractivity contribution < 1.29 is 13.2 Å². The first-order valence-corrected chi connectivity index (χ1v) is 14.3. The fourth-order valence-electron chi connectivity index (χ4n) is 4.71. The Hall–Kier alpha value is -4.01. The lowest BCUT2D eigenvalue weighted by molar-refractivity contribution is -0.121. The zero-order valence-electron chi connectivity index (χ0n) is 22.9. The predicted octanol–water partition coefficient (Wildman–Crippen LogP) is 5.58.